The third-order valence-corrected chi connectivity index (χ3v) is 4.63. The second-order valence-corrected chi connectivity index (χ2v) is 7.85. The first-order chi connectivity index (χ1) is 10.7. The van der Waals surface area contributed by atoms with Crippen LogP contribution in [0.4, 0.5) is 0 Å². The first-order valence-electron chi connectivity index (χ1n) is 9.63. The maximum atomic E-state index is 12.2. The van der Waals surface area contributed by atoms with Crippen molar-refractivity contribution < 1.29 is 14.6 Å². The number of carbonyl (C=O) groups is 1. The monoisotopic (exact) mass is 328 g/mol. The number of hydrogen-bond donors (Lipinski definition) is 1. The zero-order valence-electron chi connectivity index (χ0n) is 16.4. The lowest BCUT2D eigenvalue weighted by Gasteiger charge is -2.32. The second kappa shape index (κ2) is 11.9. The van der Waals surface area contributed by atoms with Gasteiger partial charge in [0.05, 0.1) is 11.5 Å². The highest BCUT2D eigenvalue weighted by molar-refractivity contribution is 5.72. The van der Waals surface area contributed by atoms with E-state index in [4.69, 9.17) is 4.74 Å². The Kier molecular flexibility index (Phi) is 11.6. The van der Waals surface area contributed by atoms with Gasteiger partial charge >= 0.3 is 5.97 Å². The second-order valence-electron chi connectivity index (χ2n) is 7.85. The van der Waals surface area contributed by atoms with E-state index in [0.717, 1.165) is 12.8 Å². The Morgan fingerprint density at radius 3 is 2.04 bits per heavy atom. The van der Waals surface area contributed by atoms with Crippen LogP contribution >= 0.6 is 0 Å². The Morgan fingerprint density at radius 2 is 1.52 bits per heavy atom. The Bertz CT molecular complexity index is 310. The fourth-order valence-electron chi connectivity index (χ4n) is 2.94. The highest BCUT2D eigenvalue weighted by atomic mass is 16.6. The summed E-state index contributed by atoms with van der Waals surface area (Å²) >= 11 is 0. The van der Waals surface area contributed by atoms with Gasteiger partial charge in [0.1, 0.15) is 6.10 Å². The molecule has 0 aromatic heterocycles. The molecule has 0 aromatic rings. The highest BCUT2D eigenvalue weighted by Gasteiger charge is 2.33. The van der Waals surface area contributed by atoms with Gasteiger partial charge in [-0.2, -0.15) is 0 Å². The molecule has 0 spiro atoms. The molecule has 0 radical (unpaired) electrons. The van der Waals surface area contributed by atoms with Crippen LogP contribution in [0.1, 0.15) is 99.3 Å². The zero-order valence-corrected chi connectivity index (χ0v) is 16.4. The third-order valence-electron chi connectivity index (χ3n) is 4.63. The predicted octanol–water partition coefficient (Wildman–Crippen LogP) is 5.49. The Hall–Kier alpha value is -0.570. The summed E-state index contributed by atoms with van der Waals surface area (Å²) in [7, 11) is 0. The lowest BCUT2D eigenvalue weighted by atomic mass is 9.89. The number of aliphatic hydroxyl groups is 1. The molecule has 0 aliphatic heterocycles. The van der Waals surface area contributed by atoms with Gasteiger partial charge in [-0.25, -0.2) is 0 Å². The first kappa shape index (κ1) is 22.4. The maximum absolute atomic E-state index is 12.2. The Morgan fingerprint density at radius 1 is 1.00 bits per heavy atom. The fraction of sp³-hybridized carbons (Fsp3) is 0.950. The van der Waals surface area contributed by atoms with Crippen molar-refractivity contribution in [1.29, 1.82) is 0 Å². The summed E-state index contributed by atoms with van der Waals surface area (Å²) in [5.41, 5.74) is -0.956. The molecule has 0 fully saturated rings. The van der Waals surface area contributed by atoms with Gasteiger partial charge in [0.2, 0.25) is 0 Å². The Labute approximate surface area is 144 Å². The van der Waals surface area contributed by atoms with E-state index in [9.17, 15) is 9.90 Å². The summed E-state index contributed by atoms with van der Waals surface area (Å²) in [5, 5.41) is 10.4. The van der Waals surface area contributed by atoms with Crippen LogP contribution in [-0.2, 0) is 9.53 Å². The average molecular weight is 329 g/mol. The molecule has 0 aliphatic carbocycles. The largest absolute Gasteiger partial charge is 0.459 e. The number of unbranched alkanes of at least 4 members (excludes halogenated alkanes) is 6. The number of esters is 1. The van der Waals surface area contributed by atoms with Crippen LogP contribution in [0.3, 0.4) is 0 Å². The van der Waals surface area contributed by atoms with Crippen LogP contribution in [0.2, 0.25) is 0 Å². The molecule has 0 amide bonds. The van der Waals surface area contributed by atoms with Crippen molar-refractivity contribution in [3.05, 3.63) is 0 Å². The molecule has 3 unspecified atom stereocenters. The minimum absolute atomic E-state index is 0.0806. The van der Waals surface area contributed by atoms with Crippen molar-refractivity contribution in [3.63, 3.8) is 0 Å². The van der Waals surface area contributed by atoms with E-state index in [1.807, 2.05) is 6.92 Å². The first-order valence-corrected chi connectivity index (χ1v) is 9.63. The summed E-state index contributed by atoms with van der Waals surface area (Å²) in [5.74, 6) is 0.117. The molecule has 0 saturated heterocycles. The summed E-state index contributed by atoms with van der Waals surface area (Å²) < 4.78 is 5.50. The predicted molar refractivity (Wildman–Crippen MR) is 97.4 cm³/mol. The molecule has 138 valence electrons. The van der Waals surface area contributed by atoms with Crippen LogP contribution in [-0.4, -0.2) is 22.8 Å². The quantitative estimate of drug-likeness (QED) is 0.359. The molecule has 0 aliphatic rings. The molecule has 0 bridgehead atoms. The van der Waals surface area contributed by atoms with Crippen LogP contribution < -0.4 is 0 Å². The highest BCUT2D eigenvalue weighted by Crippen LogP contribution is 2.24. The lowest BCUT2D eigenvalue weighted by molar-refractivity contribution is -0.167. The molecule has 3 nitrogen and oxygen atoms in total. The fourth-order valence-corrected chi connectivity index (χ4v) is 2.94. The van der Waals surface area contributed by atoms with Crippen molar-refractivity contribution in [2.45, 2.75) is 111 Å². The molecule has 3 atom stereocenters. The minimum Gasteiger partial charge on any atom is -0.459 e. The van der Waals surface area contributed by atoms with Crippen LogP contribution in [0, 0.1) is 11.8 Å². The maximum Gasteiger partial charge on any atom is 0.309 e. The van der Waals surface area contributed by atoms with Crippen molar-refractivity contribution in [2.75, 3.05) is 0 Å². The van der Waals surface area contributed by atoms with Gasteiger partial charge in [0.25, 0.3) is 0 Å². The van der Waals surface area contributed by atoms with Gasteiger partial charge in [-0.05, 0) is 32.6 Å². The summed E-state index contributed by atoms with van der Waals surface area (Å²) in [4.78, 5) is 12.2. The Balaban J connectivity index is 3.97. The molecular formula is C20H40O3. The van der Waals surface area contributed by atoms with Gasteiger partial charge in [-0.1, -0.05) is 72.6 Å². The van der Waals surface area contributed by atoms with Gasteiger partial charge in [-0.3, -0.25) is 4.79 Å². The molecular weight excluding hydrogens is 288 g/mol. The van der Waals surface area contributed by atoms with Gasteiger partial charge in [-0.15, -0.1) is 0 Å². The van der Waals surface area contributed by atoms with Gasteiger partial charge < -0.3 is 9.84 Å². The summed E-state index contributed by atoms with van der Waals surface area (Å²) in [6.07, 6.45) is 9.84. The van der Waals surface area contributed by atoms with Gasteiger partial charge in [0, 0.05) is 0 Å². The number of ether oxygens (including phenoxy) is 1. The normalized spacial score (nSPS) is 16.9. The van der Waals surface area contributed by atoms with Crippen molar-refractivity contribution in [2.24, 2.45) is 11.8 Å². The van der Waals surface area contributed by atoms with E-state index in [1.54, 1.807) is 13.8 Å². The average Bonchev–Trinajstić information content (AvgIpc) is 2.44. The van der Waals surface area contributed by atoms with Crippen molar-refractivity contribution in [3.8, 4) is 0 Å². The minimum atomic E-state index is -0.956. The molecule has 23 heavy (non-hydrogen) atoms. The topological polar surface area (TPSA) is 46.5 Å². The third kappa shape index (κ3) is 10.8. The molecule has 0 rings (SSSR count). The number of hydrogen-bond acceptors (Lipinski definition) is 3. The molecule has 0 heterocycles. The smallest absolute Gasteiger partial charge is 0.309 e. The van der Waals surface area contributed by atoms with E-state index in [1.165, 1.54) is 38.5 Å². The SMILES string of the molecule is CCCCCCCCCC(C)C(=O)OC(C)C(C)(O)CC(C)C. The van der Waals surface area contributed by atoms with E-state index in [0.29, 0.717) is 12.3 Å². The van der Waals surface area contributed by atoms with Crippen LogP contribution in [0.25, 0.3) is 0 Å². The van der Waals surface area contributed by atoms with Gasteiger partial charge in [0.15, 0.2) is 0 Å². The lowest BCUT2D eigenvalue weighted by Crippen LogP contribution is -2.42. The summed E-state index contributed by atoms with van der Waals surface area (Å²) in [6.45, 7) is 11.8. The van der Waals surface area contributed by atoms with E-state index in [-0.39, 0.29) is 11.9 Å². The van der Waals surface area contributed by atoms with Crippen molar-refractivity contribution in [1.82, 2.24) is 0 Å². The van der Waals surface area contributed by atoms with E-state index < -0.39 is 11.7 Å². The number of carbonyl (C=O) groups excluding carboxylic acids is 1. The summed E-state index contributed by atoms with van der Waals surface area (Å²) in [6, 6.07) is 0. The number of rotatable bonds is 13. The van der Waals surface area contributed by atoms with E-state index in [2.05, 4.69) is 20.8 Å². The zero-order chi connectivity index (χ0) is 17.9. The van der Waals surface area contributed by atoms with Crippen LogP contribution in [0.5, 0.6) is 0 Å². The van der Waals surface area contributed by atoms with Crippen LogP contribution in [0.15, 0.2) is 0 Å². The molecule has 3 heteroatoms. The molecule has 1 N–H and O–H groups in total. The molecule has 0 aromatic carbocycles. The van der Waals surface area contributed by atoms with E-state index >= 15 is 0 Å². The molecule has 0 saturated carbocycles. The standard InChI is InChI=1S/C20H40O3/c1-7-8-9-10-11-12-13-14-17(4)19(21)23-18(5)20(6,22)15-16(2)3/h16-18,22H,7-15H2,1-6H3. The van der Waals surface area contributed by atoms with Crippen molar-refractivity contribution >= 4 is 5.97 Å².